The average Bonchev–Trinajstić information content (AvgIpc) is 3.32. The highest BCUT2D eigenvalue weighted by Gasteiger charge is 2.07. The van der Waals surface area contributed by atoms with Gasteiger partial charge in [-0.3, -0.25) is 0 Å². The van der Waals surface area contributed by atoms with Crippen molar-refractivity contribution in [2.24, 2.45) is 0 Å². The Balaban J connectivity index is 1.49. The van der Waals surface area contributed by atoms with E-state index in [-0.39, 0.29) is 5.82 Å². The largest absolute Gasteiger partial charge is 0.381 e. The maximum atomic E-state index is 14.3. The lowest BCUT2D eigenvalue weighted by molar-refractivity contribution is 0.616. The van der Waals surface area contributed by atoms with Gasteiger partial charge in [0.1, 0.15) is 5.82 Å². The summed E-state index contributed by atoms with van der Waals surface area (Å²) < 4.78 is 17.6. The Morgan fingerprint density at radius 3 is 2.81 bits per heavy atom. The number of halogens is 1. The van der Waals surface area contributed by atoms with E-state index in [0.29, 0.717) is 18.1 Å². The highest BCUT2D eigenvalue weighted by molar-refractivity contribution is 5.51. The van der Waals surface area contributed by atoms with Gasteiger partial charge in [-0.1, -0.05) is 12.1 Å². The molecule has 2 heterocycles. The summed E-state index contributed by atoms with van der Waals surface area (Å²) in [5.41, 5.74) is 3.08. The zero-order chi connectivity index (χ0) is 17.9. The summed E-state index contributed by atoms with van der Waals surface area (Å²) >= 11 is 0. The number of aromatic nitrogens is 6. The lowest BCUT2D eigenvalue weighted by Gasteiger charge is -2.10. The first-order chi connectivity index (χ1) is 12.7. The topological polar surface area (TPSA) is 73.5 Å². The molecule has 0 saturated heterocycles. The second kappa shape index (κ2) is 6.75. The van der Waals surface area contributed by atoms with Crippen LogP contribution in [0.2, 0.25) is 0 Å². The van der Waals surface area contributed by atoms with Crippen molar-refractivity contribution in [3.05, 3.63) is 78.4 Å². The molecule has 0 saturated carbocycles. The Morgan fingerprint density at radius 2 is 2.08 bits per heavy atom. The number of imidazole rings is 1. The Bertz CT molecular complexity index is 1020. The van der Waals surface area contributed by atoms with Crippen LogP contribution in [0.3, 0.4) is 0 Å². The molecular weight excluding hydrogens is 333 g/mol. The highest BCUT2D eigenvalue weighted by atomic mass is 19.1. The van der Waals surface area contributed by atoms with E-state index in [9.17, 15) is 4.39 Å². The normalized spacial score (nSPS) is 10.8. The van der Waals surface area contributed by atoms with Gasteiger partial charge in [0.15, 0.2) is 5.82 Å². The fraction of sp³-hybridized carbons (Fsp3) is 0.111. The molecular formula is C18H16FN7. The molecule has 26 heavy (non-hydrogen) atoms. The molecule has 8 heteroatoms. The number of rotatable bonds is 5. The SMILES string of the molecule is Cc1nnnn1-c1cccc(NCc2ccc(-n3ccnc3)c(F)c2)c1. The van der Waals surface area contributed by atoms with Crippen LogP contribution in [0, 0.1) is 12.7 Å². The summed E-state index contributed by atoms with van der Waals surface area (Å²) in [5.74, 6) is 0.416. The molecule has 2 aromatic carbocycles. The fourth-order valence-corrected chi connectivity index (χ4v) is 2.69. The molecule has 4 aromatic rings. The third-order valence-electron chi connectivity index (χ3n) is 4.01. The molecule has 0 unspecified atom stereocenters. The van der Waals surface area contributed by atoms with Crippen molar-refractivity contribution < 1.29 is 4.39 Å². The lowest BCUT2D eigenvalue weighted by atomic mass is 10.2. The van der Waals surface area contributed by atoms with Crippen molar-refractivity contribution in [1.29, 1.82) is 0 Å². The minimum atomic E-state index is -0.291. The third-order valence-corrected chi connectivity index (χ3v) is 4.01. The van der Waals surface area contributed by atoms with Gasteiger partial charge in [0.05, 0.1) is 17.7 Å². The van der Waals surface area contributed by atoms with E-state index in [1.807, 2.05) is 37.3 Å². The second-order valence-corrected chi connectivity index (χ2v) is 5.80. The fourth-order valence-electron chi connectivity index (χ4n) is 2.69. The first-order valence-corrected chi connectivity index (χ1v) is 8.07. The van der Waals surface area contributed by atoms with Crippen LogP contribution in [-0.2, 0) is 6.54 Å². The summed E-state index contributed by atoms with van der Waals surface area (Å²) in [6.45, 7) is 2.34. The lowest BCUT2D eigenvalue weighted by Crippen LogP contribution is -2.04. The molecule has 0 fully saturated rings. The molecule has 130 valence electrons. The third kappa shape index (κ3) is 3.16. The molecule has 1 N–H and O–H groups in total. The number of tetrazole rings is 1. The van der Waals surface area contributed by atoms with Crippen LogP contribution < -0.4 is 5.32 Å². The first-order valence-electron chi connectivity index (χ1n) is 8.07. The van der Waals surface area contributed by atoms with Crippen LogP contribution in [0.25, 0.3) is 11.4 Å². The van der Waals surface area contributed by atoms with Crippen LogP contribution in [0.4, 0.5) is 10.1 Å². The van der Waals surface area contributed by atoms with Gasteiger partial charge in [-0.15, -0.1) is 5.10 Å². The number of nitrogens with zero attached hydrogens (tertiary/aromatic N) is 6. The molecule has 0 atom stereocenters. The molecule has 2 aromatic heterocycles. The molecule has 0 aliphatic rings. The Morgan fingerprint density at radius 1 is 1.15 bits per heavy atom. The summed E-state index contributed by atoms with van der Waals surface area (Å²) in [6, 6.07) is 12.9. The molecule has 0 bridgehead atoms. The van der Waals surface area contributed by atoms with E-state index in [4.69, 9.17) is 0 Å². The van der Waals surface area contributed by atoms with Crippen molar-refractivity contribution >= 4 is 5.69 Å². The number of nitrogens with one attached hydrogen (secondary N) is 1. The van der Waals surface area contributed by atoms with Gasteiger partial charge in [-0.2, -0.15) is 4.68 Å². The summed E-state index contributed by atoms with van der Waals surface area (Å²) in [5, 5.41) is 14.8. The molecule has 4 rings (SSSR count). The van der Waals surface area contributed by atoms with Crippen LogP contribution >= 0.6 is 0 Å². The minimum Gasteiger partial charge on any atom is -0.381 e. The molecule has 0 amide bonds. The van der Waals surface area contributed by atoms with Crippen LogP contribution in [0.15, 0.2) is 61.2 Å². The standard InChI is InChI=1S/C18H16FN7/c1-13-22-23-24-26(13)16-4-2-3-15(10-16)21-11-14-5-6-18(17(19)9-14)25-8-7-20-12-25/h2-10,12,21H,11H2,1H3. The van der Waals surface area contributed by atoms with Gasteiger partial charge in [0.2, 0.25) is 0 Å². The average molecular weight is 349 g/mol. The van der Waals surface area contributed by atoms with Crippen LogP contribution in [0.1, 0.15) is 11.4 Å². The van der Waals surface area contributed by atoms with E-state index in [1.165, 1.54) is 6.07 Å². The van der Waals surface area contributed by atoms with Crippen molar-refractivity contribution in [3.8, 4) is 11.4 Å². The van der Waals surface area contributed by atoms with Crippen molar-refractivity contribution in [2.45, 2.75) is 13.5 Å². The van der Waals surface area contributed by atoms with Gasteiger partial charge >= 0.3 is 0 Å². The van der Waals surface area contributed by atoms with E-state index in [0.717, 1.165) is 16.9 Å². The van der Waals surface area contributed by atoms with E-state index in [2.05, 4.69) is 25.8 Å². The minimum absolute atomic E-state index is 0.291. The molecule has 0 aliphatic heterocycles. The van der Waals surface area contributed by atoms with Crippen LogP contribution in [0.5, 0.6) is 0 Å². The predicted molar refractivity (Wildman–Crippen MR) is 94.7 cm³/mol. The van der Waals surface area contributed by atoms with Crippen molar-refractivity contribution in [3.63, 3.8) is 0 Å². The number of benzene rings is 2. The highest BCUT2D eigenvalue weighted by Crippen LogP contribution is 2.18. The van der Waals surface area contributed by atoms with E-state index < -0.39 is 0 Å². The molecule has 0 radical (unpaired) electrons. The Kier molecular flexibility index (Phi) is 4.14. The summed E-state index contributed by atoms with van der Waals surface area (Å²) in [4.78, 5) is 3.94. The Labute approximate surface area is 149 Å². The first kappa shape index (κ1) is 15.9. The smallest absolute Gasteiger partial charge is 0.153 e. The van der Waals surface area contributed by atoms with E-state index in [1.54, 1.807) is 34.0 Å². The van der Waals surface area contributed by atoms with Crippen LogP contribution in [-0.4, -0.2) is 29.8 Å². The molecule has 7 nitrogen and oxygen atoms in total. The van der Waals surface area contributed by atoms with Crippen molar-refractivity contribution in [1.82, 2.24) is 29.8 Å². The second-order valence-electron chi connectivity index (χ2n) is 5.80. The summed E-state index contributed by atoms with van der Waals surface area (Å²) in [7, 11) is 0. The summed E-state index contributed by atoms with van der Waals surface area (Å²) in [6.07, 6.45) is 4.90. The number of hydrogen-bond donors (Lipinski definition) is 1. The van der Waals surface area contributed by atoms with Gasteiger partial charge < -0.3 is 9.88 Å². The zero-order valence-corrected chi connectivity index (χ0v) is 14.0. The maximum absolute atomic E-state index is 14.3. The Hall–Kier alpha value is -3.55. The monoisotopic (exact) mass is 349 g/mol. The van der Waals surface area contributed by atoms with Gasteiger partial charge in [0.25, 0.3) is 0 Å². The quantitative estimate of drug-likeness (QED) is 0.600. The number of hydrogen-bond acceptors (Lipinski definition) is 5. The predicted octanol–water partition coefficient (Wildman–Crippen LogP) is 2.91. The number of anilines is 1. The zero-order valence-electron chi connectivity index (χ0n) is 14.0. The number of aryl methyl sites for hydroxylation is 1. The maximum Gasteiger partial charge on any atom is 0.153 e. The molecule has 0 aliphatic carbocycles. The van der Waals surface area contributed by atoms with Gasteiger partial charge in [-0.05, 0) is 53.2 Å². The van der Waals surface area contributed by atoms with Gasteiger partial charge in [-0.25, -0.2) is 9.37 Å². The van der Waals surface area contributed by atoms with E-state index >= 15 is 0 Å². The molecule has 0 spiro atoms. The van der Waals surface area contributed by atoms with Gasteiger partial charge in [0, 0.05) is 24.6 Å². The van der Waals surface area contributed by atoms with Crippen molar-refractivity contribution in [2.75, 3.05) is 5.32 Å².